The first-order valence-corrected chi connectivity index (χ1v) is 18.7. The Morgan fingerprint density at radius 2 is 2.04 bits per heavy atom. The van der Waals surface area contributed by atoms with E-state index < -0.39 is 40.4 Å². The number of fused-ring (bicyclic) bond motifs is 1. The van der Waals surface area contributed by atoms with Crippen molar-refractivity contribution in [3.8, 4) is 17.3 Å². The number of aliphatic hydroxyl groups is 1. The second-order valence-corrected chi connectivity index (χ2v) is 14.6. The minimum absolute atomic E-state index is 0. The summed E-state index contributed by atoms with van der Waals surface area (Å²) in [5, 5.41) is 56.8. The second-order valence-electron chi connectivity index (χ2n) is 10.5. The summed E-state index contributed by atoms with van der Waals surface area (Å²) in [5.41, 5.74) is 5.43. The standard InChI is InChI=1S/C29H27N9O9S4.Na/c30-28-32-17(13-51-28)20(36-46-7-8-48-29-35-34-24(47-29)16-9-18(40)19(41)10-31-16)23(42)33-21-25(43)38-22(27(44)45)14(12-50-26(21)38)11-49-15-1-3-37(4-2-15)5-6-39;/h1-4,9-10,13,21,26,39H,5-8,11-12H2,(H5-,30,31,32,33,34,36,40,41,42,44,45);/q;+1/p-1/t21-,26-;/m1./s1. The Labute approximate surface area is 332 Å². The maximum atomic E-state index is 13.4. The van der Waals surface area contributed by atoms with E-state index in [0.29, 0.717) is 17.9 Å². The van der Waals surface area contributed by atoms with Gasteiger partial charge >= 0.3 is 29.6 Å². The van der Waals surface area contributed by atoms with Gasteiger partial charge in [-0.3, -0.25) is 19.5 Å². The number of carboxylic acid groups (broad SMARTS) is 1. The topological polar surface area (TPSA) is 272 Å². The van der Waals surface area contributed by atoms with Gasteiger partial charge in [0.1, 0.15) is 35.7 Å². The molecule has 1 fully saturated rings. The average Bonchev–Trinajstić information content (AvgIpc) is 3.78. The van der Waals surface area contributed by atoms with Crippen molar-refractivity contribution in [2.45, 2.75) is 28.1 Å². The van der Waals surface area contributed by atoms with Gasteiger partial charge in [0, 0.05) is 57.8 Å². The fourth-order valence-corrected chi connectivity index (χ4v) is 8.21. The van der Waals surface area contributed by atoms with Crippen molar-refractivity contribution in [3.63, 3.8) is 0 Å². The third-order valence-corrected chi connectivity index (χ3v) is 11.0. The predicted octanol–water partition coefficient (Wildman–Crippen LogP) is -4.20. The number of thiazole rings is 1. The van der Waals surface area contributed by atoms with Gasteiger partial charge in [0.15, 0.2) is 35.9 Å². The number of H-pyrrole nitrogens is 1. The van der Waals surface area contributed by atoms with Crippen molar-refractivity contribution in [2.75, 3.05) is 36.2 Å². The van der Waals surface area contributed by atoms with E-state index in [9.17, 15) is 29.7 Å². The number of nitrogens with one attached hydrogen (secondary N) is 1. The number of nitrogens with zero attached hydrogens (tertiary/aromatic N) is 7. The number of β-lactam (4-membered cyclic amide) rings is 1. The van der Waals surface area contributed by atoms with E-state index in [-0.39, 0.29) is 93.3 Å². The molecule has 266 valence electrons. The molecular weight excluding hydrogens is 770 g/mol. The monoisotopic (exact) mass is 795 g/mol. The first-order chi connectivity index (χ1) is 24.6. The van der Waals surface area contributed by atoms with Crippen molar-refractivity contribution in [1.29, 1.82) is 0 Å². The average molecular weight is 796 g/mol. The first-order valence-electron chi connectivity index (χ1n) is 14.8. The van der Waals surface area contributed by atoms with Crippen LogP contribution >= 0.6 is 46.6 Å². The summed E-state index contributed by atoms with van der Waals surface area (Å²) in [7, 11) is 0. The van der Waals surface area contributed by atoms with Crippen molar-refractivity contribution < 1.29 is 73.4 Å². The summed E-state index contributed by atoms with van der Waals surface area (Å²) in [6, 6.07) is 3.64. The van der Waals surface area contributed by atoms with Crippen LogP contribution in [0.2, 0.25) is 0 Å². The summed E-state index contributed by atoms with van der Waals surface area (Å²) in [4.78, 5) is 55.3. The first kappa shape index (κ1) is 39.3. The van der Waals surface area contributed by atoms with Crippen LogP contribution < -0.4 is 55.5 Å². The Balaban J connectivity index is 0.00000523. The number of aliphatic carboxylic acids is 1. The maximum absolute atomic E-state index is 13.4. The van der Waals surface area contributed by atoms with Gasteiger partial charge in [-0.1, -0.05) is 16.9 Å². The Bertz CT molecular complexity index is 2090. The molecule has 2 aliphatic heterocycles. The minimum Gasteiger partial charge on any atom is -0.857 e. The zero-order chi connectivity index (χ0) is 36.1. The Morgan fingerprint density at radius 3 is 2.73 bits per heavy atom. The Hall–Kier alpha value is -3.90. The molecule has 0 unspecified atom stereocenters. The van der Waals surface area contributed by atoms with Gasteiger partial charge in [0.2, 0.25) is 5.43 Å². The molecule has 2 aliphatic rings. The number of aromatic hydroxyl groups is 1. The summed E-state index contributed by atoms with van der Waals surface area (Å²) in [6.07, 6.45) is 4.72. The number of aliphatic imine (C=N–C) groups is 1. The number of amides is 1. The van der Waals surface area contributed by atoms with Gasteiger partial charge in [-0.05, 0) is 5.57 Å². The second kappa shape index (κ2) is 17.7. The third-order valence-electron chi connectivity index (χ3n) is 7.15. The third kappa shape index (κ3) is 9.00. The number of rotatable bonds is 15. The smallest absolute Gasteiger partial charge is 0.857 e. The molecular formula is C29H26N9NaO9S4. The molecule has 4 aromatic rings. The summed E-state index contributed by atoms with van der Waals surface area (Å²) in [6.45, 7) is 0.421. The van der Waals surface area contributed by atoms with E-state index in [2.05, 4.69) is 30.3 Å². The Kier molecular flexibility index (Phi) is 13.4. The largest absolute Gasteiger partial charge is 1.00 e. The van der Waals surface area contributed by atoms with Gasteiger partial charge in [0.05, 0.1) is 11.7 Å². The molecule has 0 spiro atoms. The number of thioether (sulfide) groups is 3. The molecule has 1 amide bonds. The van der Waals surface area contributed by atoms with Crippen LogP contribution in [0, 0.1) is 0 Å². The number of hydrogen-bond donors (Lipinski definition) is 4. The molecule has 52 heavy (non-hydrogen) atoms. The van der Waals surface area contributed by atoms with E-state index >= 15 is 0 Å². The quantitative estimate of drug-likeness (QED) is 0.0130. The van der Waals surface area contributed by atoms with E-state index in [1.54, 1.807) is 12.4 Å². The number of anilines is 1. The molecule has 4 aromatic heterocycles. The molecule has 18 nitrogen and oxygen atoms in total. The molecule has 0 radical (unpaired) electrons. The number of carboxylic acids is 1. The van der Waals surface area contributed by atoms with Gasteiger partial charge in [-0.15, -0.1) is 45.1 Å². The van der Waals surface area contributed by atoms with Crippen molar-refractivity contribution >= 4 is 75.2 Å². The van der Waals surface area contributed by atoms with Gasteiger partial charge < -0.3 is 45.2 Å². The van der Waals surface area contributed by atoms with Crippen LogP contribution in [0.4, 0.5) is 5.13 Å². The van der Waals surface area contributed by atoms with Crippen molar-refractivity contribution in [1.82, 2.24) is 25.1 Å². The van der Waals surface area contributed by atoms with Gasteiger partial charge in [0.25, 0.3) is 17.0 Å². The number of carbonyl (C=O) groups excluding carboxylic acids is 2. The van der Waals surface area contributed by atoms with Crippen LogP contribution in [0.1, 0.15) is 5.69 Å². The zero-order valence-electron chi connectivity index (χ0n) is 27.0. The van der Waals surface area contributed by atoms with E-state index in [0.717, 1.165) is 45.2 Å². The number of nitrogens with two attached hydrogens (primary N) is 1. The molecule has 6 rings (SSSR count). The summed E-state index contributed by atoms with van der Waals surface area (Å²) >= 11 is 4.85. The van der Waals surface area contributed by atoms with E-state index in [1.165, 1.54) is 28.9 Å². The molecule has 5 N–H and O–H groups in total. The number of aromatic amines is 1. The molecule has 0 bridgehead atoms. The van der Waals surface area contributed by atoms with Crippen LogP contribution in [-0.4, -0.2) is 101 Å². The summed E-state index contributed by atoms with van der Waals surface area (Å²) in [5.74, 6) is -2.68. The fourth-order valence-electron chi connectivity index (χ4n) is 4.74. The van der Waals surface area contributed by atoms with Crippen molar-refractivity contribution in [2.24, 2.45) is 10.1 Å². The van der Waals surface area contributed by atoms with Crippen molar-refractivity contribution in [3.05, 3.63) is 69.4 Å². The van der Waals surface area contributed by atoms with Crippen LogP contribution in [-0.2, 0) is 21.0 Å². The van der Waals surface area contributed by atoms with Gasteiger partial charge in [-0.2, -0.15) is 0 Å². The normalized spacial score (nSPS) is 17.4. The summed E-state index contributed by atoms with van der Waals surface area (Å²) < 4.78 is 7.32. The number of aromatic nitrogens is 5. The minimum atomic E-state index is -1.50. The van der Waals surface area contributed by atoms with Crippen LogP contribution in [0.15, 0.2) is 82.9 Å². The number of pyridine rings is 2. The number of aliphatic hydroxyl groups excluding tert-OH is 1. The van der Waals surface area contributed by atoms with Gasteiger partial charge in [-0.25, -0.2) is 9.55 Å². The Morgan fingerprint density at radius 1 is 1.25 bits per heavy atom. The number of oxime groups is 1. The fraction of sp³-hybridized carbons (Fsp3) is 0.276. The van der Waals surface area contributed by atoms with Crippen LogP contribution in [0.5, 0.6) is 5.75 Å². The van der Waals surface area contributed by atoms with E-state index in [4.69, 9.17) is 20.1 Å². The SMILES string of the molecule is Nc1nc(/C(=N/OCCSc2nnc(-c3cc(=O)c(O)c[nH]3)o2)C([O-])=N[C@@H]2C(=O)N3C(C(=O)[O-])=C(CSc4cc[n+](CCO)cc4)CS[C@H]23)cs1.[Na+]. The molecule has 23 heteroatoms. The van der Waals surface area contributed by atoms with Crippen LogP contribution in [0.3, 0.4) is 0 Å². The number of hydrogen-bond acceptors (Lipinski definition) is 19. The molecule has 2 atom stereocenters. The zero-order valence-corrected chi connectivity index (χ0v) is 32.3. The number of nitrogen functional groups attached to an aromatic ring is 1. The molecule has 6 heterocycles. The van der Waals surface area contributed by atoms with Crippen LogP contribution in [0.25, 0.3) is 11.6 Å². The predicted molar refractivity (Wildman–Crippen MR) is 183 cm³/mol. The molecule has 0 saturated carbocycles. The molecule has 0 aromatic carbocycles. The number of carbonyl (C=O) groups is 2. The molecule has 0 aliphatic carbocycles. The molecule has 1 saturated heterocycles. The maximum Gasteiger partial charge on any atom is 1.00 e. The van der Waals surface area contributed by atoms with E-state index in [1.807, 2.05) is 16.7 Å².